The van der Waals surface area contributed by atoms with Crippen LogP contribution in [-0.2, 0) is 12.8 Å². The van der Waals surface area contributed by atoms with Gasteiger partial charge in [0.05, 0.1) is 22.8 Å². The lowest BCUT2D eigenvalue weighted by Gasteiger charge is -1.94. The van der Waals surface area contributed by atoms with E-state index in [2.05, 4.69) is 21.8 Å². The fraction of sp³-hybridized carbons (Fsp3) is 0.333. The molecule has 0 saturated heterocycles. The highest BCUT2D eigenvalue weighted by molar-refractivity contribution is 5.78. The molecule has 2 aromatic rings. The Kier molecular flexibility index (Phi) is 4.67. The van der Waals surface area contributed by atoms with E-state index in [0.29, 0.717) is 11.4 Å². The minimum Gasteiger partial charge on any atom is -0.345 e. The van der Waals surface area contributed by atoms with Gasteiger partial charge >= 0.3 is 0 Å². The Balaban J connectivity index is 2.47. The van der Waals surface area contributed by atoms with E-state index in [4.69, 9.17) is 0 Å². The lowest BCUT2D eigenvalue weighted by molar-refractivity contribution is 0.111. The first kappa shape index (κ1) is 15.8. The molecule has 0 atom stereocenters. The number of aldehydes is 2. The van der Waals surface area contributed by atoms with Crippen molar-refractivity contribution in [3.05, 3.63) is 45.0 Å². The molecular formula is C18H20N2O2. The van der Waals surface area contributed by atoms with E-state index in [1.54, 1.807) is 0 Å². The number of H-pyrrole nitrogens is 2. The van der Waals surface area contributed by atoms with Crippen LogP contribution >= 0.6 is 0 Å². The van der Waals surface area contributed by atoms with Gasteiger partial charge < -0.3 is 9.97 Å². The molecule has 0 amide bonds. The first-order valence-electron chi connectivity index (χ1n) is 7.42. The second-order valence-corrected chi connectivity index (χ2v) is 5.23. The van der Waals surface area contributed by atoms with Crippen LogP contribution in [0.25, 0.3) is 0 Å². The molecule has 0 spiro atoms. The largest absolute Gasteiger partial charge is 0.345 e. The molecule has 0 unspecified atom stereocenters. The maximum atomic E-state index is 11.1. The molecule has 0 fully saturated rings. The van der Waals surface area contributed by atoms with E-state index >= 15 is 0 Å². The minimum atomic E-state index is 0.593. The van der Waals surface area contributed by atoms with Crippen molar-refractivity contribution in [2.75, 3.05) is 0 Å². The summed E-state index contributed by atoms with van der Waals surface area (Å²) in [5.41, 5.74) is 6.71. The van der Waals surface area contributed by atoms with Crippen molar-refractivity contribution in [3.63, 3.8) is 0 Å². The summed E-state index contributed by atoms with van der Waals surface area (Å²) >= 11 is 0. The SMILES string of the molecule is CCc1c(C=O)[nH]c(C#Cc2[nH]c(C=O)c(CC)c2C)c1C. The van der Waals surface area contributed by atoms with Crippen LogP contribution in [0.1, 0.15) is 68.5 Å². The van der Waals surface area contributed by atoms with Crippen LogP contribution in [0.2, 0.25) is 0 Å². The highest BCUT2D eigenvalue weighted by Crippen LogP contribution is 2.19. The third-order valence-corrected chi connectivity index (χ3v) is 4.08. The Morgan fingerprint density at radius 3 is 1.41 bits per heavy atom. The van der Waals surface area contributed by atoms with Gasteiger partial charge in [-0.05, 0) is 60.8 Å². The second kappa shape index (κ2) is 6.48. The molecule has 0 aromatic carbocycles. The predicted molar refractivity (Wildman–Crippen MR) is 86.6 cm³/mol. The van der Waals surface area contributed by atoms with Gasteiger partial charge in [0.25, 0.3) is 0 Å². The van der Waals surface area contributed by atoms with E-state index in [-0.39, 0.29) is 0 Å². The van der Waals surface area contributed by atoms with Crippen LogP contribution in [0.5, 0.6) is 0 Å². The molecule has 4 heteroatoms. The van der Waals surface area contributed by atoms with Gasteiger partial charge in [-0.25, -0.2) is 0 Å². The van der Waals surface area contributed by atoms with Crippen molar-refractivity contribution in [2.45, 2.75) is 40.5 Å². The van der Waals surface area contributed by atoms with E-state index in [1.807, 2.05) is 27.7 Å². The maximum absolute atomic E-state index is 11.1. The van der Waals surface area contributed by atoms with Crippen molar-refractivity contribution < 1.29 is 9.59 Å². The summed E-state index contributed by atoms with van der Waals surface area (Å²) in [5.74, 6) is 6.15. The van der Waals surface area contributed by atoms with Crippen molar-refractivity contribution in [1.29, 1.82) is 0 Å². The molecule has 2 aromatic heterocycles. The third-order valence-electron chi connectivity index (χ3n) is 4.08. The van der Waals surface area contributed by atoms with E-state index in [9.17, 15) is 9.59 Å². The van der Waals surface area contributed by atoms with Crippen LogP contribution in [0, 0.1) is 25.7 Å². The lowest BCUT2D eigenvalue weighted by atomic mass is 10.1. The molecule has 2 N–H and O–H groups in total. The summed E-state index contributed by atoms with van der Waals surface area (Å²) in [6, 6.07) is 0. The molecule has 0 saturated carbocycles. The summed E-state index contributed by atoms with van der Waals surface area (Å²) in [6.07, 6.45) is 3.23. The smallest absolute Gasteiger partial charge is 0.166 e. The molecule has 4 nitrogen and oxygen atoms in total. The summed E-state index contributed by atoms with van der Waals surface area (Å²) in [5, 5.41) is 0. The summed E-state index contributed by atoms with van der Waals surface area (Å²) < 4.78 is 0. The summed E-state index contributed by atoms with van der Waals surface area (Å²) in [4.78, 5) is 28.3. The van der Waals surface area contributed by atoms with Crippen molar-refractivity contribution in [3.8, 4) is 11.8 Å². The Hall–Kier alpha value is -2.54. The maximum Gasteiger partial charge on any atom is 0.166 e. The number of aromatic nitrogens is 2. The quantitative estimate of drug-likeness (QED) is 0.672. The average Bonchev–Trinajstić information content (AvgIpc) is 3.01. The molecule has 0 aliphatic carbocycles. The normalized spacial score (nSPS) is 10.2. The standard InChI is InChI=1S/C18H20N2O2/c1-5-13-11(3)15(19-17(13)9-21)7-8-16-12(4)14(6-2)18(10-22)20-16/h9-10,19-20H,5-6H2,1-4H3. The van der Waals surface area contributed by atoms with Gasteiger partial charge in [0.1, 0.15) is 0 Å². The van der Waals surface area contributed by atoms with Gasteiger partial charge in [-0.2, -0.15) is 0 Å². The number of nitrogens with one attached hydrogen (secondary N) is 2. The fourth-order valence-corrected chi connectivity index (χ4v) is 2.80. The number of hydrogen-bond donors (Lipinski definition) is 2. The molecule has 0 radical (unpaired) electrons. The number of hydrogen-bond acceptors (Lipinski definition) is 2. The molecule has 0 bridgehead atoms. The zero-order valence-electron chi connectivity index (χ0n) is 13.4. The Morgan fingerprint density at radius 1 is 0.818 bits per heavy atom. The number of aromatic amines is 2. The number of carbonyl (C=O) groups is 2. The highest BCUT2D eigenvalue weighted by Gasteiger charge is 2.12. The van der Waals surface area contributed by atoms with Crippen molar-refractivity contribution in [1.82, 2.24) is 9.97 Å². The van der Waals surface area contributed by atoms with E-state index in [1.165, 1.54) is 0 Å². The molecule has 2 rings (SSSR count). The Morgan fingerprint density at radius 2 is 1.18 bits per heavy atom. The molecule has 22 heavy (non-hydrogen) atoms. The molecule has 114 valence electrons. The van der Waals surface area contributed by atoms with Gasteiger partial charge in [-0.15, -0.1) is 0 Å². The molecule has 0 aliphatic rings. The molecule has 2 heterocycles. The Bertz CT molecular complexity index is 718. The first-order chi connectivity index (χ1) is 10.6. The van der Waals surface area contributed by atoms with Crippen LogP contribution in [0.15, 0.2) is 0 Å². The third kappa shape index (κ3) is 2.62. The zero-order chi connectivity index (χ0) is 16.3. The van der Waals surface area contributed by atoms with Crippen LogP contribution in [0.3, 0.4) is 0 Å². The van der Waals surface area contributed by atoms with Gasteiger partial charge in [0.15, 0.2) is 12.6 Å². The predicted octanol–water partition coefficient (Wildman–Crippen LogP) is 3.11. The van der Waals surface area contributed by atoms with Crippen LogP contribution < -0.4 is 0 Å². The number of carbonyl (C=O) groups excluding carboxylic acids is 2. The first-order valence-corrected chi connectivity index (χ1v) is 7.42. The summed E-state index contributed by atoms with van der Waals surface area (Å²) in [7, 11) is 0. The van der Waals surface area contributed by atoms with E-state index < -0.39 is 0 Å². The molecule has 0 aliphatic heterocycles. The summed E-state index contributed by atoms with van der Waals surface area (Å²) in [6.45, 7) is 7.95. The zero-order valence-corrected chi connectivity index (χ0v) is 13.4. The second-order valence-electron chi connectivity index (χ2n) is 5.23. The topological polar surface area (TPSA) is 65.7 Å². The average molecular weight is 296 g/mol. The lowest BCUT2D eigenvalue weighted by Crippen LogP contribution is -1.87. The van der Waals surface area contributed by atoms with Crippen molar-refractivity contribution in [2.24, 2.45) is 0 Å². The van der Waals surface area contributed by atoms with E-state index in [0.717, 1.165) is 59.1 Å². The number of rotatable bonds is 4. The van der Waals surface area contributed by atoms with Crippen molar-refractivity contribution >= 4 is 12.6 Å². The van der Waals surface area contributed by atoms with Crippen LogP contribution in [0.4, 0.5) is 0 Å². The fourth-order valence-electron chi connectivity index (χ4n) is 2.80. The highest BCUT2D eigenvalue weighted by atomic mass is 16.1. The van der Waals surface area contributed by atoms with Gasteiger partial charge in [0.2, 0.25) is 0 Å². The van der Waals surface area contributed by atoms with Crippen LogP contribution in [-0.4, -0.2) is 22.5 Å². The minimum absolute atomic E-state index is 0.593. The monoisotopic (exact) mass is 296 g/mol. The van der Waals surface area contributed by atoms with Gasteiger partial charge in [-0.1, -0.05) is 13.8 Å². The van der Waals surface area contributed by atoms with Gasteiger partial charge in [0, 0.05) is 0 Å². The molecular weight excluding hydrogens is 276 g/mol. The van der Waals surface area contributed by atoms with Gasteiger partial charge in [-0.3, -0.25) is 9.59 Å². The Labute approximate surface area is 130 Å².